The molecule has 4 nitrogen and oxygen atoms in total. The maximum absolute atomic E-state index is 13.8. The molecule has 0 heterocycles. The van der Waals surface area contributed by atoms with Crippen molar-refractivity contribution in [3.8, 4) is 0 Å². The van der Waals surface area contributed by atoms with Gasteiger partial charge in [0.2, 0.25) is 5.91 Å². The Hall–Kier alpha value is -2.69. The van der Waals surface area contributed by atoms with Crippen molar-refractivity contribution in [2.45, 2.75) is 32.2 Å². The van der Waals surface area contributed by atoms with Gasteiger partial charge in [0.15, 0.2) is 0 Å². The lowest BCUT2D eigenvalue weighted by atomic mass is 10.1. The number of hydrogen-bond donors (Lipinski definition) is 2. The normalized spacial score (nSPS) is 23.2. The maximum Gasteiger partial charge on any atom is 0.251 e. The summed E-state index contributed by atoms with van der Waals surface area (Å²) in [6.45, 7) is 2.05. The van der Waals surface area contributed by atoms with Gasteiger partial charge in [0.1, 0.15) is 5.82 Å². The van der Waals surface area contributed by atoms with Crippen LogP contribution >= 0.6 is 0 Å². The van der Waals surface area contributed by atoms with E-state index in [9.17, 15) is 14.0 Å². The minimum atomic E-state index is -0.219. The van der Waals surface area contributed by atoms with Crippen molar-refractivity contribution in [1.29, 1.82) is 0 Å². The zero-order chi connectivity index (χ0) is 18.3. The molecular weight excluding hydrogens is 331 g/mol. The van der Waals surface area contributed by atoms with Crippen LogP contribution in [0.3, 0.4) is 0 Å². The summed E-state index contributed by atoms with van der Waals surface area (Å²) in [6, 6.07) is 11.7. The molecule has 0 aliphatic heterocycles. The van der Waals surface area contributed by atoms with Crippen molar-refractivity contribution < 1.29 is 14.0 Å². The molecule has 0 bridgehead atoms. The molecule has 0 aromatic heterocycles. The van der Waals surface area contributed by atoms with Crippen LogP contribution in [-0.2, 0) is 11.2 Å². The van der Waals surface area contributed by atoms with E-state index in [1.54, 1.807) is 30.3 Å². The lowest BCUT2D eigenvalue weighted by molar-refractivity contribution is -0.117. The predicted octanol–water partition coefficient (Wildman–Crippen LogP) is 3.84. The number of carbonyl (C=O) groups is 2. The Morgan fingerprint density at radius 3 is 2.69 bits per heavy atom. The Kier molecular flexibility index (Phi) is 4.23. The number of fused-ring (bicyclic) bond motifs is 1. The van der Waals surface area contributed by atoms with Gasteiger partial charge in [-0.25, -0.2) is 4.39 Å². The first-order valence-electron chi connectivity index (χ1n) is 9.02. The highest BCUT2D eigenvalue weighted by Crippen LogP contribution is 2.38. The monoisotopic (exact) mass is 352 g/mol. The van der Waals surface area contributed by atoms with E-state index < -0.39 is 0 Å². The molecule has 2 aromatic rings. The van der Waals surface area contributed by atoms with Gasteiger partial charge in [-0.2, -0.15) is 0 Å². The fourth-order valence-corrected chi connectivity index (χ4v) is 3.66. The first-order chi connectivity index (χ1) is 12.5. The molecule has 0 saturated heterocycles. The van der Waals surface area contributed by atoms with Crippen molar-refractivity contribution in [3.05, 3.63) is 65.0 Å². The average Bonchev–Trinajstić information content (AvgIpc) is 3.22. The number of anilines is 1. The van der Waals surface area contributed by atoms with Crippen molar-refractivity contribution in [2.24, 2.45) is 11.8 Å². The summed E-state index contributed by atoms with van der Waals surface area (Å²) in [5.74, 6) is 0.0956. The molecule has 3 unspecified atom stereocenters. The van der Waals surface area contributed by atoms with Crippen LogP contribution in [0.2, 0.25) is 0 Å². The van der Waals surface area contributed by atoms with Crippen LogP contribution < -0.4 is 10.6 Å². The second-order valence-electron chi connectivity index (χ2n) is 7.26. The van der Waals surface area contributed by atoms with E-state index in [0.29, 0.717) is 35.6 Å². The molecule has 3 atom stereocenters. The highest BCUT2D eigenvalue weighted by Gasteiger charge is 2.39. The van der Waals surface area contributed by atoms with Gasteiger partial charge in [-0.15, -0.1) is 0 Å². The first-order valence-corrected chi connectivity index (χ1v) is 9.02. The molecule has 1 saturated carbocycles. The van der Waals surface area contributed by atoms with Crippen LogP contribution in [0.25, 0.3) is 0 Å². The van der Waals surface area contributed by atoms with E-state index in [4.69, 9.17) is 0 Å². The zero-order valence-corrected chi connectivity index (χ0v) is 14.6. The Morgan fingerprint density at radius 2 is 1.92 bits per heavy atom. The molecule has 2 amide bonds. The summed E-state index contributed by atoms with van der Waals surface area (Å²) in [4.78, 5) is 24.7. The largest absolute Gasteiger partial charge is 0.345 e. The van der Waals surface area contributed by atoms with Crippen LogP contribution in [0.1, 0.15) is 47.3 Å². The third-order valence-electron chi connectivity index (χ3n) is 5.36. The summed E-state index contributed by atoms with van der Waals surface area (Å²) < 4.78 is 13.8. The molecule has 134 valence electrons. The van der Waals surface area contributed by atoms with Crippen molar-refractivity contribution >= 4 is 17.5 Å². The van der Waals surface area contributed by atoms with Crippen molar-refractivity contribution in [3.63, 3.8) is 0 Å². The van der Waals surface area contributed by atoms with Gasteiger partial charge >= 0.3 is 0 Å². The van der Waals surface area contributed by atoms with Gasteiger partial charge in [0, 0.05) is 17.2 Å². The highest BCUT2D eigenvalue weighted by molar-refractivity contribution is 5.98. The van der Waals surface area contributed by atoms with Crippen LogP contribution in [0, 0.1) is 17.7 Å². The molecule has 0 spiro atoms. The maximum atomic E-state index is 13.8. The number of benzene rings is 2. The Bertz CT molecular complexity index is 880. The Labute approximate surface area is 151 Å². The summed E-state index contributed by atoms with van der Waals surface area (Å²) in [5.41, 5.74) is 2.65. The number of nitrogens with one attached hydrogen (secondary N) is 2. The molecule has 2 aromatic carbocycles. The molecule has 4 rings (SSSR count). The van der Waals surface area contributed by atoms with Crippen LogP contribution in [0.15, 0.2) is 42.5 Å². The molecular formula is C21H21FN2O2. The zero-order valence-electron chi connectivity index (χ0n) is 14.6. The van der Waals surface area contributed by atoms with Crippen LogP contribution in [0.4, 0.5) is 10.1 Å². The van der Waals surface area contributed by atoms with E-state index in [1.165, 1.54) is 6.07 Å². The predicted molar refractivity (Wildman–Crippen MR) is 97.3 cm³/mol. The number of carbonyl (C=O) groups excluding carboxylic acids is 2. The molecule has 0 radical (unpaired) electrons. The molecule has 2 aliphatic carbocycles. The standard InChI is InChI=1S/C21H21FN2O2/c1-12-10-17(12)21(26)23-14-5-2-4-13(11-14)20(25)24-19-9-8-15-16(19)6-3-7-18(15)22/h2-7,11-12,17,19H,8-10H2,1H3,(H,23,26)(H,24,25). The minimum Gasteiger partial charge on any atom is -0.345 e. The number of rotatable bonds is 4. The number of halogens is 1. The van der Waals surface area contributed by atoms with Gasteiger partial charge in [0.05, 0.1) is 6.04 Å². The van der Waals surface area contributed by atoms with Gasteiger partial charge < -0.3 is 10.6 Å². The van der Waals surface area contributed by atoms with Crippen molar-refractivity contribution in [2.75, 3.05) is 5.32 Å². The second-order valence-corrected chi connectivity index (χ2v) is 7.26. The lowest BCUT2D eigenvalue weighted by Gasteiger charge is -2.15. The number of amides is 2. The van der Waals surface area contributed by atoms with E-state index >= 15 is 0 Å². The average molecular weight is 352 g/mol. The summed E-state index contributed by atoms with van der Waals surface area (Å²) >= 11 is 0. The first kappa shape index (κ1) is 16.8. The fourth-order valence-electron chi connectivity index (χ4n) is 3.66. The van der Waals surface area contributed by atoms with Crippen molar-refractivity contribution in [1.82, 2.24) is 5.32 Å². The summed E-state index contributed by atoms with van der Waals surface area (Å²) in [6.07, 6.45) is 2.24. The summed E-state index contributed by atoms with van der Waals surface area (Å²) in [5, 5.41) is 5.86. The van der Waals surface area contributed by atoms with Gasteiger partial charge in [-0.3, -0.25) is 9.59 Å². The van der Waals surface area contributed by atoms with Crippen LogP contribution in [-0.4, -0.2) is 11.8 Å². The quantitative estimate of drug-likeness (QED) is 0.878. The molecule has 5 heteroatoms. The SMILES string of the molecule is CC1CC1C(=O)Nc1cccc(C(=O)NC2CCc3c(F)cccc32)c1. The van der Waals surface area contributed by atoms with Crippen LogP contribution in [0.5, 0.6) is 0 Å². The molecule has 2 aliphatic rings. The van der Waals surface area contributed by atoms with Gasteiger partial charge in [-0.05, 0) is 60.6 Å². The van der Waals surface area contributed by atoms with E-state index in [2.05, 4.69) is 17.6 Å². The van der Waals surface area contributed by atoms with E-state index in [0.717, 1.165) is 12.0 Å². The lowest BCUT2D eigenvalue weighted by Crippen LogP contribution is -2.27. The Balaban J connectivity index is 1.45. The molecule has 26 heavy (non-hydrogen) atoms. The third-order valence-corrected chi connectivity index (χ3v) is 5.36. The van der Waals surface area contributed by atoms with E-state index in [1.807, 2.05) is 6.07 Å². The van der Waals surface area contributed by atoms with Gasteiger partial charge in [-0.1, -0.05) is 25.1 Å². The van der Waals surface area contributed by atoms with Gasteiger partial charge in [0.25, 0.3) is 5.91 Å². The Morgan fingerprint density at radius 1 is 1.15 bits per heavy atom. The topological polar surface area (TPSA) is 58.2 Å². The highest BCUT2D eigenvalue weighted by atomic mass is 19.1. The third kappa shape index (κ3) is 3.21. The summed E-state index contributed by atoms with van der Waals surface area (Å²) in [7, 11) is 0. The molecule has 2 N–H and O–H groups in total. The minimum absolute atomic E-state index is 0.00949. The number of hydrogen-bond acceptors (Lipinski definition) is 2. The second kappa shape index (κ2) is 6.56. The molecule has 1 fully saturated rings. The van der Waals surface area contributed by atoms with E-state index in [-0.39, 0.29) is 29.6 Å². The fraction of sp³-hybridized carbons (Fsp3) is 0.333. The smallest absolute Gasteiger partial charge is 0.251 e.